The molecule has 2 heterocycles. The lowest BCUT2D eigenvalue weighted by Crippen LogP contribution is -2.10. The molecule has 0 atom stereocenters. The SMILES string of the molecule is CCOCCCCc1ccc(OCCn2c(C)ccc2-c2ccc(C)s2)cc1. The molecule has 4 heteroatoms. The van der Waals surface area contributed by atoms with Gasteiger partial charge in [0.1, 0.15) is 12.4 Å². The third-order valence-corrected chi connectivity index (χ3v) is 5.93. The molecular formula is C24H31NO2S. The van der Waals surface area contributed by atoms with Crippen molar-refractivity contribution in [2.45, 2.75) is 46.6 Å². The van der Waals surface area contributed by atoms with E-state index in [2.05, 4.69) is 66.9 Å². The Balaban J connectivity index is 1.48. The molecule has 3 nitrogen and oxygen atoms in total. The van der Waals surface area contributed by atoms with E-state index in [0.717, 1.165) is 44.8 Å². The molecule has 28 heavy (non-hydrogen) atoms. The third-order valence-electron chi connectivity index (χ3n) is 4.91. The van der Waals surface area contributed by atoms with Crippen molar-refractivity contribution in [1.82, 2.24) is 4.57 Å². The van der Waals surface area contributed by atoms with Gasteiger partial charge in [-0.05, 0) is 82.0 Å². The predicted octanol–water partition coefficient (Wildman–Crippen LogP) is 6.27. The van der Waals surface area contributed by atoms with E-state index in [1.807, 2.05) is 18.3 Å². The molecule has 0 saturated carbocycles. The number of nitrogens with zero attached hydrogens (tertiary/aromatic N) is 1. The summed E-state index contributed by atoms with van der Waals surface area (Å²) in [5, 5.41) is 0. The lowest BCUT2D eigenvalue weighted by Gasteiger charge is -2.12. The molecule has 0 aliphatic rings. The van der Waals surface area contributed by atoms with Crippen LogP contribution >= 0.6 is 11.3 Å². The van der Waals surface area contributed by atoms with Gasteiger partial charge < -0.3 is 14.0 Å². The van der Waals surface area contributed by atoms with Crippen LogP contribution in [0.4, 0.5) is 0 Å². The van der Waals surface area contributed by atoms with Crippen molar-refractivity contribution in [2.24, 2.45) is 0 Å². The van der Waals surface area contributed by atoms with Crippen LogP contribution in [0.1, 0.15) is 35.9 Å². The van der Waals surface area contributed by atoms with Crippen molar-refractivity contribution in [3.05, 3.63) is 64.7 Å². The van der Waals surface area contributed by atoms with Crippen molar-refractivity contribution < 1.29 is 9.47 Å². The average molecular weight is 398 g/mol. The summed E-state index contributed by atoms with van der Waals surface area (Å²) in [6, 6.07) is 17.3. The minimum absolute atomic E-state index is 0.667. The van der Waals surface area contributed by atoms with Gasteiger partial charge in [-0.1, -0.05) is 12.1 Å². The molecule has 0 bridgehead atoms. The molecule has 0 N–H and O–H groups in total. The van der Waals surface area contributed by atoms with Gasteiger partial charge in [0.2, 0.25) is 0 Å². The van der Waals surface area contributed by atoms with Gasteiger partial charge >= 0.3 is 0 Å². The normalized spacial score (nSPS) is 11.1. The highest BCUT2D eigenvalue weighted by Crippen LogP contribution is 2.29. The fourth-order valence-corrected chi connectivity index (χ4v) is 4.24. The third kappa shape index (κ3) is 5.73. The van der Waals surface area contributed by atoms with Gasteiger partial charge in [-0.15, -0.1) is 11.3 Å². The van der Waals surface area contributed by atoms with E-state index in [1.54, 1.807) is 0 Å². The van der Waals surface area contributed by atoms with E-state index >= 15 is 0 Å². The predicted molar refractivity (Wildman–Crippen MR) is 119 cm³/mol. The lowest BCUT2D eigenvalue weighted by atomic mass is 10.1. The van der Waals surface area contributed by atoms with Gasteiger partial charge in [0, 0.05) is 23.8 Å². The first-order chi connectivity index (χ1) is 13.7. The maximum Gasteiger partial charge on any atom is 0.119 e. The Labute approximate surface area is 172 Å². The summed E-state index contributed by atoms with van der Waals surface area (Å²) in [6.45, 7) is 9.54. The van der Waals surface area contributed by atoms with Crippen LogP contribution in [-0.4, -0.2) is 24.4 Å². The molecule has 0 radical (unpaired) electrons. The van der Waals surface area contributed by atoms with Crippen molar-refractivity contribution in [1.29, 1.82) is 0 Å². The van der Waals surface area contributed by atoms with E-state index in [0.29, 0.717) is 6.61 Å². The van der Waals surface area contributed by atoms with Gasteiger partial charge in [-0.3, -0.25) is 0 Å². The van der Waals surface area contributed by atoms with Gasteiger partial charge in [-0.2, -0.15) is 0 Å². The molecule has 0 aliphatic carbocycles. The Morgan fingerprint density at radius 1 is 0.893 bits per heavy atom. The van der Waals surface area contributed by atoms with Crippen molar-refractivity contribution in [3.63, 3.8) is 0 Å². The van der Waals surface area contributed by atoms with Crippen molar-refractivity contribution in [3.8, 4) is 16.3 Å². The minimum Gasteiger partial charge on any atom is -0.492 e. The summed E-state index contributed by atoms with van der Waals surface area (Å²) >= 11 is 1.84. The maximum atomic E-state index is 6.01. The number of thiophene rings is 1. The van der Waals surface area contributed by atoms with Gasteiger partial charge in [0.05, 0.1) is 17.1 Å². The second-order valence-electron chi connectivity index (χ2n) is 7.07. The zero-order valence-electron chi connectivity index (χ0n) is 17.2. The second-order valence-corrected chi connectivity index (χ2v) is 8.36. The molecule has 2 aromatic heterocycles. The number of aromatic nitrogens is 1. The largest absolute Gasteiger partial charge is 0.492 e. The number of rotatable bonds is 11. The molecule has 1 aromatic carbocycles. The Morgan fingerprint density at radius 3 is 2.43 bits per heavy atom. The molecule has 0 unspecified atom stereocenters. The maximum absolute atomic E-state index is 6.01. The lowest BCUT2D eigenvalue weighted by molar-refractivity contribution is 0.143. The van der Waals surface area contributed by atoms with Crippen molar-refractivity contribution >= 4 is 11.3 Å². The molecule has 0 amide bonds. The molecule has 0 fully saturated rings. The fraction of sp³-hybridized carbons (Fsp3) is 0.417. The Hall–Kier alpha value is -2.04. The zero-order valence-corrected chi connectivity index (χ0v) is 18.1. The highest BCUT2D eigenvalue weighted by Gasteiger charge is 2.09. The average Bonchev–Trinajstić information content (AvgIpc) is 3.28. The van der Waals surface area contributed by atoms with Crippen LogP contribution in [0.3, 0.4) is 0 Å². The zero-order chi connectivity index (χ0) is 19.8. The monoisotopic (exact) mass is 397 g/mol. The van der Waals surface area contributed by atoms with Crippen LogP contribution in [0.2, 0.25) is 0 Å². The number of ether oxygens (including phenoxy) is 2. The molecule has 0 saturated heterocycles. The number of benzene rings is 1. The van der Waals surface area contributed by atoms with Crippen LogP contribution in [-0.2, 0) is 17.7 Å². The topological polar surface area (TPSA) is 23.4 Å². The molecule has 150 valence electrons. The summed E-state index contributed by atoms with van der Waals surface area (Å²) in [7, 11) is 0. The summed E-state index contributed by atoms with van der Waals surface area (Å²) in [5.41, 5.74) is 3.91. The molecule has 3 rings (SSSR count). The first-order valence-electron chi connectivity index (χ1n) is 10.2. The highest BCUT2D eigenvalue weighted by molar-refractivity contribution is 7.15. The fourth-order valence-electron chi connectivity index (χ4n) is 3.34. The standard InChI is InChI=1S/C24H31NO2S/c1-4-26-17-6-5-7-21-10-12-22(13-11-21)27-18-16-25-19(2)8-14-23(25)24-15-9-20(3)28-24/h8-15H,4-7,16-18H2,1-3H3. The van der Waals surface area contributed by atoms with E-state index < -0.39 is 0 Å². The number of aryl methyl sites for hydroxylation is 3. The summed E-state index contributed by atoms with van der Waals surface area (Å²) in [5.74, 6) is 0.941. The van der Waals surface area contributed by atoms with E-state index in [9.17, 15) is 0 Å². The molecular weight excluding hydrogens is 366 g/mol. The van der Waals surface area contributed by atoms with E-state index in [4.69, 9.17) is 9.47 Å². The minimum atomic E-state index is 0.667. The molecule has 0 spiro atoms. The first-order valence-corrected chi connectivity index (χ1v) is 11.0. The smallest absolute Gasteiger partial charge is 0.119 e. The van der Waals surface area contributed by atoms with Crippen LogP contribution in [0.5, 0.6) is 5.75 Å². The number of unbranched alkanes of at least 4 members (excludes halogenated alkanes) is 1. The van der Waals surface area contributed by atoms with Gasteiger partial charge in [0.15, 0.2) is 0 Å². The second kappa shape index (κ2) is 10.5. The Bertz CT molecular complexity index is 848. The van der Waals surface area contributed by atoms with E-state index in [1.165, 1.54) is 26.7 Å². The molecule has 0 aliphatic heterocycles. The van der Waals surface area contributed by atoms with Crippen LogP contribution in [0.15, 0.2) is 48.5 Å². The number of hydrogen-bond donors (Lipinski definition) is 0. The number of hydrogen-bond acceptors (Lipinski definition) is 3. The van der Waals surface area contributed by atoms with Gasteiger partial charge in [-0.25, -0.2) is 0 Å². The summed E-state index contributed by atoms with van der Waals surface area (Å²) in [6.07, 6.45) is 3.38. The highest BCUT2D eigenvalue weighted by atomic mass is 32.1. The quantitative estimate of drug-likeness (QED) is 0.356. The summed E-state index contributed by atoms with van der Waals surface area (Å²) < 4.78 is 13.7. The molecule has 3 aromatic rings. The van der Waals surface area contributed by atoms with Crippen LogP contribution < -0.4 is 4.74 Å². The van der Waals surface area contributed by atoms with Gasteiger partial charge in [0.25, 0.3) is 0 Å². The Morgan fingerprint density at radius 2 is 1.71 bits per heavy atom. The van der Waals surface area contributed by atoms with E-state index in [-0.39, 0.29) is 0 Å². The van der Waals surface area contributed by atoms with Crippen LogP contribution in [0.25, 0.3) is 10.6 Å². The van der Waals surface area contributed by atoms with Crippen LogP contribution in [0, 0.1) is 13.8 Å². The van der Waals surface area contributed by atoms with Crippen molar-refractivity contribution in [2.75, 3.05) is 19.8 Å². The first kappa shape index (κ1) is 20.7. The Kier molecular flexibility index (Phi) is 7.75. The summed E-state index contributed by atoms with van der Waals surface area (Å²) in [4.78, 5) is 2.66.